The SMILES string of the molecule is CN1CCCC1c1coc(C2CCCCN2)n1. The van der Waals surface area contributed by atoms with Gasteiger partial charge in [0.2, 0.25) is 5.89 Å². The van der Waals surface area contributed by atoms with Crippen LogP contribution >= 0.6 is 0 Å². The standard InChI is InChI=1S/C13H21N3O/c1-16-8-4-6-12(16)11-9-17-13(15-11)10-5-2-3-7-14-10/h9-10,12,14H,2-8H2,1H3. The van der Waals surface area contributed by atoms with Gasteiger partial charge in [-0.05, 0) is 45.8 Å². The molecule has 3 rings (SSSR count). The number of nitrogens with one attached hydrogen (secondary N) is 1. The average molecular weight is 235 g/mol. The lowest BCUT2D eigenvalue weighted by Crippen LogP contribution is -2.27. The van der Waals surface area contributed by atoms with Crippen LogP contribution in [0.1, 0.15) is 55.8 Å². The summed E-state index contributed by atoms with van der Waals surface area (Å²) in [6.45, 7) is 2.26. The minimum Gasteiger partial charge on any atom is -0.447 e. The maximum Gasteiger partial charge on any atom is 0.211 e. The molecule has 0 amide bonds. The lowest BCUT2D eigenvalue weighted by atomic mass is 10.1. The van der Waals surface area contributed by atoms with Gasteiger partial charge in [0, 0.05) is 0 Å². The average Bonchev–Trinajstić information content (AvgIpc) is 2.98. The molecule has 0 spiro atoms. The Labute approximate surface area is 102 Å². The topological polar surface area (TPSA) is 41.3 Å². The molecule has 2 atom stereocenters. The van der Waals surface area contributed by atoms with Gasteiger partial charge in [0.05, 0.1) is 17.8 Å². The van der Waals surface area contributed by atoms with Gasteiger partial charge >= 0.3 is 0 Å². The number of piperidine rings is 1. The lowest BCUT2D eigenvalue weighted by Gasteiger charge is -2.20. The van der Waals surface area contributed by atoms with Crippen LogP contribution in [0.2, 0.25) is 0 Å². The molecule has 0 saturated carbocycles. The molecule has 0 radical (unpaired) electrons. The van der Waals surface area contributed by atoms with Crippen LogP contribution in [0.5, 0.6) is 0 Å². The molecular formula is C13H21N3O. The Morgan fingerprint density at radius 2 is 2.29 bits per heavy atom. The van der Waals surface area contributed by atoms with Crippen molar-refractivity contribution in [1.82, 2.24) is 15.2 Å². The highest BCUT2D eigenvalue weighted by Crippen LogP contribution is 2.31. The lowest BCUT2D eigenvalue weighted by molar-refractivity contribution is 0.311. The summed E-state index contributed by atoms with van der Waals surface area (Å²) < 4.78 is 5.66. The van der Waals surface area contributed by atoms with E-state index in [1.54, 1.807) is 0 Å². The van der Waals surface area contributed by atoms with Crippen LogP contribution in [-0.4, -0.2) is 30.0 Å². The van der Waals surface area contributed by atoms with E-state index in [0.717, 1.165) is 24.6 Å². The third-order valence-electron chi connectivity index (χ3n) is 4.01. The molecule has 0 aliphatic carbocycles. The molecule has 2 aliphatic heterocycles. The highest BCUT2D eigenvalue weighted by atomic mass is 16.3. The number of likely N-dealkylation sites (tertiary alicyclic amines) is 1. The fraction of sp³-hybridized carbons (Fsp3) is 0.769. The van der Waals surface area contributed by atoms with Crippen LogP contribution in [-0.2, 0) is 0 Å². The quantitative estimate of drug-likeness (QED) is 0.853. The van der Waals surface area contributed by atoms with Gasteiger partial charge in [-0.25, -0.2) is 4.98 Å². The predicted octanol–water partition coefficient (Wildman–Crippen LogP) is 2.26. The van der Waals surface area contributed by atoms with Gasteiger partial charge in [-0.3, -0.25) is 4.90 Å². The second kappa shape index (κ2) is 4.78. The molecule has 0 aromatic carbocycles. The van der Waals surface area contributed by atoms with Gasteiger partial charge in [-0.1, -0.05) is 6.42 Å². The number of hydrogen-bond acceptors (Lipinski definition) is 4. The summed E-state index contributed by atoms with van der Waals surface area (Å²) in [5.41, 5.74) is 1.12. The second-order valence-electron chi connectivity index (χ2n) is 5.25. The van der Waals surface area contributed by atoms with Gasteiger partial charge < -0.3 is 9.73 Å². The molecule has 2 aliphatic rings. The van der Waals surface area contributed by atoms with E-state index in [1.165, 1.54) is 32.2 Å². The molecule has 2 unspecified atom stereocenters. The van der Waals surface area contributed by atoms with Crippen molar-refractivity contribution in [2.24, 2.45) is 0 Å². The van der Waals surface area contributed by atoms with E-state index in [4.69, 9.17) is 9.40 Å². The molecule has 1 N–H and O–H groups in total. The van der Waals surface area contributed by atoms with E-state index in [-0.39, 0.29) is 0 Å². The minimum atomic E-state index is 0.337. The Balaban J connectivity index is 1.73. The molecule has 1 aromatic rings. The third kappa shape index (κ3) is 2.24. The summed E-state index contributed by atoms with van der Waals surface area (Å²) in [5.74, 6) is 0.889. The summed E-state index contributed by atoms with van der Waals surface area (Å²) in [4.78, 5) is 7.07. The number of hydrogen-bond donors (Lipinski definition) is 1. The van der Waals surface area contributed by atoms with Crippen molar-refractivity contribution < 1.29 is 4.42 Å². The maximum absolute atomic E-state index is 5.66. The molecule has 94 valence electrons. The normalized spacial score (nSPS) is 30.9. The van der Waals surface area contributed by atoms with E-state index < -0.39 is 0 Å². The van der Waals surface area contributed by atoms with Crippen molar-refractivity contribution in [1.29, 1.82) is 0 Å². The Morgan fingerprint density at radius 3 is 3.00 bits per heavy atom. The van der Waals surface area contributed by atoms with Crippen LogP contribution in [0.3, 0.4) is 0 Å². The Hall–Kier alpha value is -0.870. The number of nitrogens with zero attached hydrogens (tertiary/aromatic N) is 2. The molecule has 0 bridgehead atoms. The molecule has 4 heteroatoms. The zero-order chi connectivity index (χ0) is 11.7. The fourth-order valence-corrected chi connectivity index (χ4v) is 2.96. The second-order valence-corrected chi connectivity index (χ2v) is 5.25. The first-order chi connectivity index (χ1) is 8.34. The monoisotopic (exact) mass is 235 g/mol. The minimum absolute atomic E-state index is 0.337. The van der Waals surface area contributed by atoms with Gasteiger partial charge in [0.1, 0.15) is 6.26 Å². The first-order valence-electron chi connectivity index (χ1n) is 6.73. The van der Waals surface area contributed by atoms with Crippen LogP contribution in [0.15, 0.2) is 10.7 Å². The molecule has 3 heterocycles. The van der Waals surface area contributed by atoms with Crippen LogP contribution in [0, 0.1) is 0 Å². The number of oxazole rings is 1. The molecular weight excluding hydrogens is 214 g/mol. The highest BCUT2D eigenvalue weighted by molar-refractivity contribution is 5.07. The van der Waals surface area contributed by atoms with Gasteiger partial charge in [-0.2, -0.15) is 0 Å². The molecule has 2 fully saturated rings. The van der Waals surface area contributed by atoms with Crippen molar-refractivity contribution >= 4 is 0 Å². The maximum atomic E-state index is 5.66. The van der Waals surface area contributed by atoms with Crippen molar-refractivity contribution in [2.75, 3.05) is 20.1 Å². The van der Waals surface area contributed by atoms with E-state index in [0.29, 0.717) is 12.1 Å². The van der Waals surface area contributed by atoms with Crippen molar-refractivity contribution in [3.05, 3.63) is 17.8 Å². The third-order valence-corrected chi connectivity index (χ3v) is 4.01. The Bertz CT molecular complexity index is 370. The first kappa shape index (κ1) is 11.2. The summed E-state index contributed by atoms with van der Waals surface area (Å²) >= 11 is 0. The van der Waals surface area contributed by atoms with Crippen LogP contribution in [0.4, 0.5) is 0 Å². The number of rotatable bonds is 2. The van der Waals surface area contributed by atoms with Crippen LogP contribution in [0.25, 0.3) is 0 Å². The summed E-state index contributed by atoms with van der Waals surface area (Å²) in [6.07, 6.45) is 8.04. The summed E-state index contributed by atoms with van der Waals surface area (Å²) in [7, 11) is 2.17. The van der Waals surface area contributed by atoms with E-state index in [9.17, 15) is 0 Å². The van der Waals surface area contributed by atoms with Crippen molar-refractivity contribution in [3.8, 4) is 0 Å². The highest BCUT2D eigenvalue weighted by Gasteiger charge is 2.27. The van der Waals surface area contributed by atoms with Gasteiger partial charge in [0.25, 0.3) is 0 Å². The van der Waals surface area contributed by atoms with Gasteiger partial charge in [0.15, 0.2) is 0 Å². The molecule has 2 saturated heterocycles. The van der Waals surface area contributed by atoms with E-state index in [2.05, 4.69) is 17.3 Å². The summed E-state index contributed by atoms with van der Waals surface area (Å²) in [6, 6.07) is 0.806. The Morgan fingerprint density at radius 1 is 1.35 bits per heavy atom. The van der Waals surface area contributed by atoms with Crippen molar-refractivity contribution in [3.63, 3.8) is 0 Å². The van der Waals surface area contributed by atoms with Crippen molar-refractivity contribution in [2.45, 2.75) is 44.2 Å². The molecule has 17 heavy (non-hydrogen) atoms. The smallest absolute Gasteiger partial charge is 0.211 e. The zero-order valence-corrected chi connectivity index (χ0v) is 10.5. The molecule has 4 nitrogen and oxygen atoms in total. The van der Waals surface area contributed by atoms with Crippen LogP contribution < -0.4 is 5.32 Å². The Kier molecular flexibility index (Phi) is 3.16. The zero-order valence-electron chi connectivity index (χ0n) is 10.5. The van der Waals surface area contributed by atoms with E-state index >= 15 is 0 Å². The predicted molar refractivity (Wildman–Crippen MR) is 65.7 cm³/mol. The van der Waals surface area contributed by atoms with Gasteiger partial charge in [-0.15, -0.1) is 0 Å². The largest absolute Gasteiger partial charge is 0.447 e. The summed E-state index contributed by atoms with van der Waals surface area (Å²) in [5, 5.41) is 3.48. The number of aromatic nitrogens is 1. The first-order valence-corrected chi connectivity index (χ1v) is 6.73. The van der Waals surface area contributed by atoms with E-state index in [1.807, 2.05) is 6.26 Å². The fourth-order valence-electron chi connectivity index (χ4n) is 2.96. The molecule has 1 aromatic heterocycles.